The number of nitrogens with zero attached hydrogens (tertiary/aromatic N) is 1. The van der Waals surface area contributed by atoms with Gasteiger partial charge in [-0.25, -0.2) is 4.79 Å². The van der Waals surface area contributed by atoms with E-state index in [0.717, 1.165) is 0 Å². The largest absolute Gasteiger partial charge is 0.457 e. The van der Waals surface area contributed by atoms with Gasteiger partial charge in [-0.3, -0.25) is 4.79 Å². The van der Waals surface area contributed by atoms with Crippen molar-refractivity contribution < 1.29 is 18.8 Å². The van der Waals surface area contributed by atoms with Crippen LogP contribution in [0.1, 0.15) is 54.4 Å². The first kappa shape index (κ1) is 25.9. The number of hydrogen-bond acceptors (Lipinski definition) is 4. The summed E-state index contributed by atoms with van der Waals surface area (Å²) in [6.45, 7) is 12.6. The van der Waals surface area contributed by atoms with E-state index in [1.807, 2.05) is 32.9 Å². The topological polar surface area (TPSA) is 55.8 Å². The van der Waals surface area contributed by atoms with Crippen molar-refractivity contribution in [2.45, 2.75) is 71.1 Å². The molecule has 1 fully saturated rings. The van der Waals surface area contributed by atoms with Crippen LogP contribution >= 0.6 is 0 Å². The van der Waals surface area contributed by atoms with E-state index in [-0.39, 0.29) is 17.0 Å². The highest BCUT2D eigenvalue weighted by molar-refractivity contribution is 6.99. The summed E-state index contributed by atoms with van der Waals surface area (Å²) < 4.78 is 12.4. The molecule has 0 unspecified atom stereocenters. The number of esters is 1. The summed E-state index contributed by atoms with van der Waals surface area (Å²) in [6.07, 6.45) is 4.02. The number of rotatable bonds is 7. The Morgan fingerprint density at radius 2 is 1.50 bits per heavy atom. The van der Waals surface area contributed by atoms with Crippen LogP contribution in [-0.2, 0) is 18.8 Å². The number of amides is 1. The van der Waals surface area contributed by atoms with Crippen molar-refractivity contribution in [3.05, 3.63) is 72.9 Å². The Labute approximate surface area is 204 Å². The van der Waals surface area contributed by atoms with Crippen molar-refractivity contribution in [2.24, 2.45) is 0 Å². The van der Waals surface area contributed by atoms with Crippen LogP contribution in [0.4, 0.5) is 0 Å². The van der Waals surface area contributed by atoms with Crippen molar-refractivity contribution >= 4 is 30.6 Å². The second kappa shape index (κ2) is 10.3. The normalized spacial score (nSPS) is 17.4. The summed E-state index contributed by atoms with van der Waals surface area (Å²) in [5.41, 5.74) is -0.581. The number of likely N-dealkylation sites (tertiary alicyclic amines) is 1. The lowest BCUT2D eigenvalue weighted by Crippen LogP contribution is -2.67. The molecular formula is C28H37NO4Si. The van der Waals surface area contributed by atoms with Gasteiger partial charge in [0, 0.05) is 18.7 Å². The van der Waals surface area contributed by atoms with Gasteiger partial charge in [0.15, 0.2) is 0 Å². The van der Waals surface area contributed by atoms with Gasteiger partial charge in [-0.2, -0.15) is 0 Å². The van der Waals surface area contributed by atoms with Crippen LogP contribution in [-0.4, -0.2) is 43.3 Å². The molecule has 0 bridgehead atoms. The highest BCUT2D eigenvalue weighted by atomic mass is 28.4. The summed E-state index contributed by atoms with van der Waals surface area (Å²) in [6, 6.07) is 20.8. The molecular weight excluding hydrogens is 442 g/mol. The molecule has 3 rings (SSSR count). The lowest BCUT2D eigenvalue weighted by atomic mass is 10.2. The van der Waals surface area contributed by atoms with Crippen LogP contribution < -0.4 is 10.4 Å². The Balaban J connectivity index is 1.90. The summed E-state index contributed by atoms with van der Waals surface area (Å²) in [7, 11) is -2.70. The smallest absolute Gasteiger partial charge is 0.332 e. The lowest BCUT2D eigenvalue weighted by Gasteiger charge is -2.43. The lowest BCUT2D eigenvalue weighted by molar-refractivity contribution is -0.148. The molecule has 1 saturated heterocycles. The number of benzene rings is 2. The van der Waals surface area contributed by atoms with Crippen LogP contribution in [0.2, 0.25) is 5.04 Å². The van der Waals surface area contributed by atoms with Gasteiger partial charge in [-0.05, 0) is 42.6 Å². The first-order valence-corrected chi connectivity index (χ1v) is 13.8. The van der Waals surface area contributed by atoms with E-state index < -0.39 is 19.9 Å². The Hall–Kier alpha value is -2.70. The molecule has 5 nitrogen and oxygen atoms in total. The van der Waals surface area contributed by atoms with Crippen LogP contribution in [0.25, 0.3) is 0 Å². The Bertz CT molecular complexity index is 967. The summed E-state index contributed by atoms with van der Waals surface area (Å²) in [5, 5.41) is 2.26. The molecule has 1 heterocycles. The minimum Gasteiger partial charge on any atom is -0.457 e. The Kier molecular flexibility index (Phi) is 7.83. The van der Waals surface area contributed by atoms with Gasteiger partial charge in [-0.15, -0.1) is 0 Å². The maximum absolute atomic E-state index is 12.6. The molecule has 0 aliphatic carbocycles. The van der Waals surface area contributed by atoms with Crippen molar-refractivity contribution in [2.75, 3.05) is 6.61 Å². The van der Waals surface area contributed by atoms with E-state index in [2.05, 4.69) is 69.3 Å². The standard InChI is InChI=1S/C28H37NO4Si/c1-27(2,3)33-26(31)19-20-29-22(17-18-25(29)30)21-32-34(28(4,5)6,23-13-9-7-10-14-23)24-15-11-8-12-16-24/h7-16,19-20,22H,17-18,21H2,1-6H3/b20-19+/t22-/m0/s1. The van der Waals surface area contributed by atoms with Crippen molar-refractivity contribution in [1.82, 2.24) is 4.90 Å². The van der Waals surface area contributed by atoms with Gasteiger partial charge in [0.05, 0.1) is 12.6 Å². The Morgan fingerprint density at radius 1 is 0.971 bits per heavy atom. The molecule has 34 heavy (non-hydrogen) atoms. The third-order valence-corrected chi connectivity index (χ3v) is 11.1. The van der Waals surface area contributed by atoms with Gasteiger partial charge >= 0.3 is 5.97 Å². The maximum atomic E-state index is 12.6. The van der Waals surface area contributed by atoms with Gasteiger partial charge in [0.2, 0.25) is 5.91 Å². The fraction of sp³-hybridized carbons (Fsp3) is 0.429. The first-order chi connectivity index (χ1) is 15.9. The van der Waals surface area contributed by atoms with E-state index in [0.29, 0.717) is 19.4 Å². The second-order valence-corrected chi connectivity index (χ2v) is 15.1. The molecule has 6 heteroatoms. The van der Waals surface area contributed by atoms with Crippen molar-refractivity contribution in [1.29, 1.82) is 0 Å². The molecule has 2 aromatic carbocycles. The van der Waals surface area contributed by atoms with Crippen LogP contribution in [0.15, 0.2) is 72.9 Å². The summed E-state index contributed by atoms with van der Waals surface area (Å²) >= 11 is 0. The third kappa shape index (κ3) is 5.86. The van der Waals surface area contributed by atoms with E-state index in [1.165, 1.54) is 16.4 Å². The molecule has 0 N–H and O–H groups in total. The number of ether oxygens (including phenoxy) is 1. The molecule has 0 radical (unpaired) electrons. The SMILES string of the molecule is CC(C)(C)OC(=O)/C=C/N1C(=O)CC[C@H]1CO[Si](c1ccccc1)(c1ccccc1)C(C)(C)C. The van der Waals surface area contributed by atoms with Crippen LogP contribution in [0.3, 0.4) is 0 Å². The molecule has 1 aliphatic heterocycles. The zero-order chi connectivity index (χ0) is 25.0. The van der Waals surface area contributed by atoms with Gasteiger partial charge in [0.25, 0.3) is 8.32 Å². The highest BCUT2D eigenvalue weighted by Crippen LogP contribution is 2.37. The summed E-state index contributed by atoms with van der Waals surface area (Å²) in [4.78, 5) is 26.4. The molecule has 1 atom stereocenters. The predicted octanol–water partition coefficient (Wildman–Crippen LogP) is 4.41. The third-order valence-electron chi connectivity index (χ3n) is 6.06. The van der Waals surface area contributed by atoms with Crippen LogP contribution in [0, 0.1) is 0 Å². The molecule has 0 aromatic heterocycles. The zero-order valence-electron chi connectivity index (χ0n) is 21.2. The second-order valence-electron chi connectivity index (χ2n) is 10.8. The molecule has 2 aromatic rings. The van der Waals surface area contributed by atoms with Crippen LogP contribution in [0.5, 0.6) is 0 Å². The van der Waals surface area contributed by atoms with Crippen molar-refractivity contribution in [3.8, 4) is 0 Å². The molecule has 0 saturated carbocycles. The van der Waals surface area contributed by atoms with E-state index in [4.69, 9.17) is 9.16 Å². The zero-order valence-corrected chi connectivity index (χ0v) is 22.2. The monoisotopic (exact) mass is 479 g/mol. The fourth-order valence-electron chi connectivity index (χ4n) is 4.59. The predicted molar refractivity (Wildman–Crippen MR) is 138 cm³/mol. The Morgan fingerprint density at radius 3 is 1.97 bits per heavy atom. The number of carbonyl (C=O) groups is 2. The number of hydrogen-bond donors (Lipinski definition) is 0. The maximum Gasteiger partial charge on any atom is 0.332 e. The fourth-order valence-corrected chi connectivity index (χ4v) is 9.19. The highest BCUT2D eigenvalue weighted by Gasteiger charge is 2.50. The molecule has 1 amide bonds. The first-order valence-electron chi connectivity index (χ1n) is 11.9. The quantitative estimate of drug-likeness (QED) is 0.335. The minimum atomic E-state index is -2.70. The average molecular weight is 480 g/mol. The minimum absolute atomic E-state index is 0.00384. The average Bonchev–Trinajstić information content (AvgIpc) is 3.11. The van der Waals surface area contributed by atoms with Crippen molar-refractivity contribution in [3.63, 3.8) is 0 Å². The molecule has 0 spiro atoms. The van der Waals surface area contributed by atoms with E-state index in [1.54, 1.807) is 11.1 Å². The van der Waals surface area contributed by atoms with Gasteiger partial charge in [-0.1, -0.05) is 81.4 Å². The molecule has 182 valence electrons. The number of carbonyl (C=O) groups excluding carboxylic acids is 2. The van der Waals surface area contributed by atoms with Gasteiger partial charge in [0.1, 0.15) is 5.60 Å². The molecule has 1 aliphatic rings. The van der Waals surface area contributed by atoms with E-state index in [9.17, 15) is 9.59 Å². The van der Waals surface area contributed by atoms with Gasteiger partial charge < -0.3 is 14.1 Å². The van der Waals surface area contributed by atoms with E-state index >= 15 is 0 Å². The summed E-state index contributed by atoms with van der Waals surface area (Å²) in [5.74, 6) is -0.463.